The van der Waals surface area contributed by atoms with Gasteiger partial charge in [0.15, 0.2) is 0 Å². The molecule has 0 amide bonds. The Balaban J connectivity index is 3.78. The Bertz CT molecular complexity index is 823. The van der Waals surface area contributed by atoms with Gasteiger partial charge < -0.3 is 28.3 Å². The normalized spacial score (nSPS) is 15.2. The Morgan fingerprint density at radius 2 is 0.738 bits per heavy atom. The molecule has 0 rings (SSSR count). The second kappa shape index (κ2) is 19.2. The first kappa shape index (κ1) is 41.7. The first-order valence-electron chi connectivity index (χ1n) is 14.3. The Labute approximate surface area is 241 Å². The van der Waals surface area contributed by atoms with Crippen LogP contribution in [0.5, 0.6) is 0 Å². The lowest BCUT2D eigenvalue weighted by Gasteiger charge is -2.34. The minimum atomic E-state index is -7.10. The van der Waals surface area contributed by atoms with E-state index in [1.165, 1.54) is 0 Å². The van der Waals surface area contributed by atoms with E-state index in [1.807, 2.05) is 0 Å². The molecule has 0 aliphatic carbocycles. The van der Waals surface area contributed by atoms with Crippen LogP contribution < -0.4 is 14.7 Å². The smallest absolute Gasteiger partial charge is 0.460 e. The highest BCUT2D eigenvalue weighted by atomic mass is 31.2. The summed E-state index contributed by atoms with van der Waals surface area (Å²) in [4.78, 5) is 32.7. The summed E-state index contributed by atoms with van der Waals surface area (Å²) in [6.07, 6.45) is 7.42. The topological polar surface area (TPSA) is 113 Å². The quantitative estimate of drug-likeness (QED) is 0.0524. The maximum absolute atomic E-state index is 13.4. The average Bonchev–Trinajstić information content (AvgIpc) is 2.85. The molecule has 0 aliphatic heterocycles. The molecule has 42 heavy (non-hydrogen) atoms. The van der Waals surface area contributed by atoms with E-state index in [0.29, 0.717) is 19.3 Å². The summed E-state index contributed by atoms with van der Waals surface area (Å²) >= 11 is 0. The van der Waals surface area contributed by atoms with Gasteiger partial charge in [0, 0.05) is 6.16 Å². The molecule has 0 spiro atoms. The lowest BCUT2D eigenvalue weighted by molar-refractivity contribution is -0.398. The molecule has 254 valence electrons. The fourth-order valence-electron chi connectivity index (χ4n) is 4.18. The third-order valence-electron chi connectivity index (χ3n) is 6.77. The maximum atomic E-state index is 13.4. The number of hydrogen-bond donors (Lipinski definition) is 0. The summed E-state index contributed by atoms with van der Waals surface area (Å²) in [6.45, 7) is -2.84. The molecular formula is C25H42F9O6P2-3. The maximum Gasteiger partial charge on any atom is 0.460 e. The first-order chi connectivity index (χ1) is 19.2. The van der Waals surface area contributed by atoms with Gasteiger partial charge in [-0.2, -0.15) is 39.5 Å². The van der Waals surface area contributed by atoms with E-state index < -0.39 is 51.9 Å². The largest absolute Gasteiger partial charge is 0.811 e. The van der Waals surface area contributed by atoms with Crippen LogP contribution in [0.15, 0.2) is 0 Å². The van der Waals surface area contributed by atoms with Gasteiger partial charge in [-0.3, -0.25) is 0 Å². The summed E-state index contributed by atoms with van der Waals surface area (Å²) < 4.78 is 141. The van der Waals surface area contributed by atoms with Crippen molar-refractivity contribution in [2.75, 3.05) is 18.9 Å². The molecule has 6 nitrogen and oxygen atoms in total. The third-order valence-corrected chi connectivity index (χ3v) is 9.02. The molecule has 1 atom stereocenters. The molecule has 0 radical (unpaired) electrons. The molecule has 1 unspecified atom stereocenters. The predicted molar refractivity (Wildman–Crippen MR) is 135 cm³/mol. The second-order valence-corrected chi connectivity index (χ2v) is 14.3. The van der Waals surface area contributed by atoms with Crippen LogP contribution in [0.2, 0.25) is 0 Å². The van der Waals surface area contributed by atoms with Gasteiger partial charge in [-0.25, -0.2) is 0 Å². The third kappa shape index (κ3) is 17.2. The Kier molecular flexibility index (Phi) is 19.1. The second-order valence-electron chi connectivity index (χ2n) is 10.7. The van der Waals surface area contributed by atoms with Crippen molar-refractivity contribution < 1.29 is 67.8 Å². The van der Waals surface area contributed by atoms with Crippen molar-refractivity contribution in [3.8, 4) is 0 Å². The Morgan fingerprint density at radius 3 is 1.02 bits per heavy atom. The van der Waals surface area contributed by atoms with Crippen molar-refractivity contribution in [2.24, 2.45) is 0 Å². The van der Waals surface area contributed by atoms with Crippen LogP contribution in [0, 0.1) is 0 Å². The van der Waals surface area contributed by atoms with Crippen molar-refractivity contribution in [1.82, 2.24) is 0 Å². The lowest BCUT2D eigenvalue weighted by Crippen LogP contribution is -2.62. The van der Waals surface area contributed by atoms with E-state index in [1.54, 1.807) is 0 Å². The number of rotatable bonds is 26. The number of alkyl halides is 9. The monoisotopic (exact) mass is 671 g/mol. The molecule has 17 heteroatoms. The average molecular weight is 672 g/mol. The van der Waals surface area contributed by atoms with Gasteiger partial charge in [-0.15, -0.1) is 0 Å². The highest BCUT2D eigenvalue weighted by Gasteiger charge is 2.81. The highest BCUT2D eigenvalue weighted by molar-refractivity contribution is 7.51. The lowest BCUT2D eigenvalue weighted by atomic mass is 10.0. The fraction of sp³-hybridized carbons (Fsp3) is 1.00. The fourth-order valence-corrected chi connectivity index (χ4v) is 5.89. The Hall–Kier alpha value is -0.330. The highest BCUT2D eigenvalue weighted by Crippen LogP contribution is 2.54. The van der Waals surface area contributed by atoms with Crippen LogP contribution in [0.25, 0.3) is 0 Å². The Morgan fingerprint density at radius 1 is 0.452 bits per heavy atom. The molecule has 0 aromatic heterocycles. The zero-order valence-electron chi connectivity index (χ0n) is 23.6. The molecule has 0 aliphatic rings. The van der Waals surface area contributed by atoms with Crippen LogP contribution >= 0.6 is 15.2 Å². The number of unbranched alkanes of at least 4 members (excludes halogenated alkanes) is 17. The van der Waals surface area contributed by atoms with E-state index in [0.717, 1.165) is 89.9 Å². The van der Waals surface area contributed by atoms with Crippen molar-refractivity contribution in [3.05, 3.63) is 0 Å². The molecule has 0 bridgehead atoms. The first-order valence-corrected chi connectivity index (χ1v) is 17.8. The summed E-state index contributed by atoms with van der Waals surface area (Å²) in [5.41, 5.74) is 0. The minimum Gasteiger partial charge on any atom is -0.811 e. The molecule has 0 saturated heterocycles. The van der Waals surface area contributed by atoms with Gasteiger partial charge in [0.05, 0.1) is 0 Å². The molecule has 0 heterocycles. The van der Waals surface area contributed by atoms with Gasteiger partial charge in [-0.1, -0.05) is 110 Å². The van der Waals surface area contributed by atoms with E-state index in [-0.39, 0.29) is 12.6 Å². The predicted octanol–water partition coefficient (Wildman–Crippen LogP) is 7.96. The molecule has 0 saturated carbocycles. The van der Waals surface area contributed by atoms with E-state index in [4.69, 9.17) is 0 Å². The zero-order chi connectivity index (χ0) is 32.6. The van der Waals surface area contributed by atoms with Crippen LogP contribution in [-0.4, -0.2) is 42.9 Å². The van der Waals surface area contributed by atoms with E-state index >= 15 is 0 Å². The van der Waals surface area contributed by atoms with Crippen molar-refractivity contribution in [3.63, 3.8) is 0 Å². The van der Waals surface area contributed by atoms with E-state index in [9.17, 15) is 63.3 Å². The van der Waals surface area contributed by atoms with Crippen LogP contribution in [0.4, 0.5) is 39.5 Å². The van der Waals surface area contributed by atoms with Gasteiger partial charge >= 0.3 is 23.9 Å². The summed E-state index contributed by atoms with van der Waals surface area (Å²) in [6, 6.07) is 0. The minimum absolute atomic E-state index is 0.0759. The summed E-state index contributed by atoms with van der Waals surface area (Å²) in [5.74, 6) is -20.1. The van der Waals surface area contributed by atoms with Gasteiger partial charge in [-0.05, 0) is 19.0 Å². The molecule has 0 aromatic rings. The van der Waals surface area contributed by atoms with Crippen LogP contribution in [0.1, 0.15) is 116 Å². The summed E-state index contributed by atoms with van der Waals surface area (Å²) in [5, 5.41) is 0. The van der Waals surface area contributed by atoms with Gasteiger partial charge in [0.1, 0.15) is 14.2 Å². The molecule has 0 aromatic carbocycles. The van der Waals surface area contributed by atoms with Gasteiger partial charge in [0.25, 0.3) is 0 Å². The standard InChI is InChI=1S/C25H45F9O6P2/c26-22(27,23(28,29)24(30,31)25(32,33)34)21-40-42(38,39)20-18-16-14-12-10-8-6-4-2-1-3-5-7-9-11-13-15-17-19-41(35,36)37/h1-21H2,(H,38,39)(H2,35,36,37)/p-3. The van der Waals surface area contributed by atoms with Gasteiger partial charge in [0.2, 0.25) is 0 Å². The molecular weight excluding hydrogens is 629 g/mol. The van der Waals surface area contributed by atoms with Crippen molar-refractivity contribution in [1.29, 1.82) is 0 Å². The van der Waals surface area contributed by atoms with Crippen LogP contribution in [-0.2, 0) is 13.7 Å². The molecule has 0 fully saturated rings. The van der Waals surface area contributed by atoms with Crippen molar-refractivity contribution >= 4 is 15.2 Å². The number of hydrogen-bond acceptors (Lipinski definition) is 6. The SMILES string of the molecule is O=P([O-])([O-])CCCCCCCCCCCCCCCCCCCCP(=O)([O-])OCC(F)(F)C(F)(F)C(F)(F)C(F)(F)F. The van der Waals surface area contributed by atoms with Crippen LogP contribution in [0.3, 0.4) is 0 Å². The molecule has 0 N–H and O–H groups in total. The van der Waals surface area contributed by atoms with E-state index in [2.05, 4.69) is 4.52 Å². The number of halogens is 9. The zero-order valence-corrected chi connectivity index (χ0v) is 25.4. The van der Waals surface area contributed by atoms with Crippen molar-refractivity contribution in [2.45, 2.75) is 140 Å². The summed E-state index contributed by atoms with van der Waals surface area (Å²) in [7, 11) is -9.54.